The standard InChI is InChI=1S/C12H13N3O/c1-9-4-3-7-15(12(9)16)8-10-5-2-6-14-11(10)13/h2-7H,8H2,1H3,(H2,13,14). The zero-order valence-corrected chi connectivity index (χ0v) is 9.05. The van der Waals surface area contributed by atoms with Crippen molar-refractivity contribution in [3.05, 3.63) is 58.1 Å². The van der Waals surface area contributed by atoms with Gasteiger partial charge in [-0.25, -0.2) is 4.98 Å². The molecule has 0 aliphatic carbocycles. The van der Waals surface area contributed by atoms with E-state index in [2.05, 4.69) is 4.98 Å². The van der Waals surface area contributed by atoms with Crippen LogP contribution in [-0.4, -0.2) is 9.55 Å². The molecule has 4 heteroatoms. The first kappa shape index (κ1) is 10.4. The number of nitrogens with zero attached hydrogens (tertiary/aromatic N) is 2. The van der Waals surface area contributed by atoms with E-state index in [-0.39, 0.29) is 5.56 Å². The Bertz CT molecular complexity index is 560. The van der Waals surface area contributed by atoms with Crippen LogP contribution < -0.4 is 11.3 Å². The maximum atomic E-state index is 11.8. The molecule has 0 unspecified atom stereocenters. The van der Waals surface area contributed by atoms with Gasteiger partial charge < -0.3 is 10.3 Å². The van der Waals surface area contributed by atoms with Crippen LogP contribution in [0.4, 0.5) is 5.82 Å². The normalized spacial score (nSPS) is 10.3. The third-order valence-electron chi connectivity index (χ3n) is 2.48. The fourth-order valence-electron chi connectivity index (χ4n) is 1.55. The molecular weight excluding hydrogens is 202 g/mol. The Labute approximate surface area is 93.4 Å². The maximum absolute atomic E-state index is 11.8. The molecule has 0 aliphatic heterocycles. The molecule has 0 bridgehead atoms. The quantitative estimate of drug-likeness (QED) is 0.818. The van der Waals surface area contributed by atoms with E-state index in [4.69, 9.17) is 5.73 Å². The third-order valence-corrected chi connectivity index (χ3v) is 2.48. The average Bonchev–Trinajstić information content (AvgIpc) is 2.28. The van der Waals surface area contributed by atoms with Crippen molar-refractivity contribution in [3.8, 4) is 0 Å². The minimum Gasteiger partial charge on any atom is -0.383 e. The first-order chi connectivity index (χ1) is 7.68. The molecule has 2 aromatic heterocycles. The average molecular weight is 215 g/mol. The summed E-state index contributed by atoms with van der Waals surface area (Å²) in [5.41, 5.74) is 7.32. The first-order valence-electron chi connectivity index (χ1n) is 5.04. The van der Waals surface area contributed by atoms with Crippen LogP contribution in [-0.2, 0) is 6.54 Å². The number of nitrogens with two attached hydrogens (primary N) is 1. The lowest BCUT2D eigenvalue weighted by Crippen LogP contribution is -2.22. The first-order valence-corrected chi connectivity index (χ1v) is 5.04. The number of nitrogen functional groups attached to an aromatic ring is 1. The minimum absolute atomic E-state index is 0.00533. The fraction of sp³-hybridized carbons (Fsp3) is 0.167. The Hall–Kier alpha value is -2.10. The van der Waals surface area contributed by atoms with Gasteiger partial charge in [0.05, 0.1) is 6.54 Å². The molecule has 0 aromatic carbocycles. The number of anilines is 1. The SMILES string of the molecule is Cc1cccn(Cc2cccnc2N)c1=O. The number of aromatic nitrogens is 2. The summed E-state index contributed by atoms with van der Waals surface area (Å²) in [4.78, 5) is 15.8. The monoisotopic (exact) mass is 215 g/mol. The van der Waals surface area contributed by atoms with Crippen LogP contribution in [0.5, 0.6) is 0 Å². The summed E-state index contributed by atoms with van der Waals surface area (Å²) in [6.07, 6.45) is 3.39. The van der Waals surface area contributed by atoms with E-state index in [1.807, 2.05) is 18.2 Å². The largest absolute Gasteiger partial charge is 0.383 e. The molecule has 4 nitrogen and oxygen atoms in total. The lowest BCUT2D eigenvalue weighted by atomic mass is 10.2. The van der Waals surface area contributed by atoms with Crippen LogP contribution in [0.15, 0.2) is 41.5 Å². The van der Waals surface area contributed by atoms with Crippen LogP contribution in [0.1, 0.15) is 11.1 Å². The Morgan fingerprint density at radius 1 is 1.38 bits per heavy atom. The van der Waals surface area contributed by atoms with E-state index in [9.17, 15) is 4.79 Å². The Balaban J connectivity index is 2.39. The predicted octanol–water partition coefficient (Wildman–Crippen LogP) is 1.18. The van der Waals surface area contributed by atoms with Crippen molar-refractivity contribution in [2.24, 2.45) is 0 Å². The minimum atomic E-state index is 0.00533. The van der Waals surface area contributed by atoms with Gasteiger partial charge in [0.15, 0.2) is 0 Å². The van der Waals surface area contributed by atoms with Gasteiger partial charge in [0.2, 0.25) is 0 Å². The molecule has 0 amide bonds. The summed E-state index contributed by atoms with van der Waals surface area (Å²) < 4.78 is 1.63. The van der Waals surface area contributed by atoms with Crippen LogP contribution in [0, 0.1) is 6.92 Å². The molecule has 0 aliphatic rings. The van der Waals surface area contributed by atoms with Gasteiger partial charge in [-0.2, -0.15) is 0 Å². The molecule has 0 saturated carbocycles. The second kappa shape index (κ2) is 4.18. The zero-order valence-electron chi connectivity index (χ0n) is 9.05. The molecule has 0 radical (unpaired) electrons. The van der Waals surface area contributed by atoms with Gasteiger partial charge in [-0.15, -0.1) is 0 Å². The molecule has 82 valence electrons. The molecule has 16 heavy (non-hydrogen) atoms. The van der Waals surface area contributed by atoms with Crippen LogP contribution >= 0.6 is 0 Å². The molecule has 2 N–H and O–H groups in total. The second-order valence-corrected chi connectivity index (χ2v) is 3.67. The Kier molecular flexibility index (Phi) is 2.72. The summed E-state index contributed by atoms with van der Waals surface area (Å²) >= 11 is 0. The van der Waals surface area contributed by atoms with Crippen molar-refractivity contribution in [1.29, 1.82) is 0 Å². The number of aryl methyl sites for hydroxylation is 1. The van der Waals surface area contributed by atoms with Crippen molar-refractivity contribution in [2.45, 2.75) is 13.5 Å². The van der Waals surface area contributed by atoms with Crippen LogP contribution in [0.25, 0.3) is 0 Å². The Morgan fingerprint density at radius 2 is 2.19 bits per heavy atom. The number of rotatable bonds is 2. The summed E-state index contributed by atoms with van der Waals surface area (Å²) in [5.74, 6) is 0.468. The Morgan fingerprint density at radius 3 is 2.94 bits per heavy atom. The topological polar surface area (TPSA) is 60.9 Å². The van der Waals surface area contributed by atoms with Gasteiger partial charge in [-0.1, -0.05) is 12.1 Å². The van der Waals surface area contributed by atoms with Gasteiger partial charge in [0.1, 0.15) is 5.82 Å². The lowest BCUT2D eigenvalue weighted by Gasteiger charge is -2.07. The predicted molar refractivity (Wildman–Crippen MR) is 63.2 cm³/mol. The van der Waals surface area contributed by atoms with Gasteiger partial charge in [0, 0.05) is 23.5 Å². The van der Waals surface area contributed by atoms with Gasteiger partial charge in [-0.05, 0) is 19.1 Å². The molecule has 2 heterocycles. The van der Waals surface area contributed by atoms with E-state index in [1.165, 1.54) is 0 Å². The third kappa shape index (κ3) is 1.95. The summed E-state index contributed by atoms with van der Waals surface area (Å²) in [6.45, 7) is 2.26. The molecule has 0 fully saturated rings. The molecule has 0 atom stereocenters. The molecule has 0 saturated heterocycles. The van der Waals surface area contributed by atoms with Crippen molar-refractivity contribution in [3.63, 3.8) is 0 Å². The van der Waals surface area contributed by atoms with Gasteiger partial charge in [-0.3, -0.25) is 4.79 Å². The van der Waals surface area contributed by atoms with Gasteiger partial charge in [0.25, 0.3) is 5.56 Å². The highest BCUT2D eigenvalue weighted by molar-refractivity contribution is 5.38. The number of hydrogen-bond donors (Lipinski definition) is 1. The molecule has 0 spiro atoms. The summed E-state index contributed by atoms with van der Waals surface area (Å²) in [6, 6.07) is 7.33. The molecule has 2 aromatic rings. The number of hydrogen-bond acceptors (Lipinski definition) is 3. The highest BCUT2D eigenvalue weighted by Gasteiger charge is 2.02. The van der Waals surface area contributed by atoms with E-state index in [0.717, 1.165) is 11.1 Å². The van der Waals surface area contributed by atoms with Crippen molar-refractivity contribution < 1.29 is 0 Å². The van der Waals surface area contributed by atoms with Crippen molar-refractivity contribution in [1.82, 2.24) is 9.55 Å². The summed E-state index contributed by atoms with van der Waals surface area (Å²) in [5, 5.41) is 0. The van der Waals surface area contributed by atoms with E-state index >= 15 is 0 Å². The van der Waals surface area contributed by atoms with Crippen LogP contribution in [0.2, 0.25) is 0 Å². The molecule has 2 rings (SSSR count). The van der Waals surface area contributed by atoms with E-state index < -0.39 is 0 Å². The number of pyridine rings is 2. The smallest absolute Gasteiger partial charge is 0.253 e. The summed E-state index contributed by atoms with van der Waals surface area (Å²) in [7, 11) is 0. The van der Waals surface area contributed by atoms with E-state index in [0.29, 0.717) is 12.4 Å². The second-order valence-electron chi connectivity index (χ2n) is 3.67. The van der Waals surface area contributed by atoms with Crippen LogP contribution in [0.3, 0.4) is 0 Å². The van der Waals surface area contributed by atoms with Gasteiger partial charge >= 0.3 is 0 Å². The fourth-order valence-corrected chi connectivity index (χ4v) is 1.55. The van der Waals surface area contributed by atoms with Crippen molar-refractivity contribution in [2.75, 3.05) is 5.73 Å². The highest BCUT2D eigenvalue weighted by atomic mass is 16.1. The molecular formula is C12H13N3O. The highest BCUT2D eigenvalue weighted by Crippen LogP contribution is 2.07. The zero-order chi connectivity index (χ0) is 11.5. The lowest BCUT2D eigenvalue weighted by molar-refractivity contribution is 0.751. The maximum Gasteiger partial charge on any atom is 0.253 e. The van der Waals surface area contributed by atoms with Crippen molar-refractivity contribution >= 4 is 5.82 Å². The van der Waals surface area contributed by atoms with E-state index in [1.54, 1.807) is 30.0 Å².